The normalized spacial score (nSPS) is 10.2. The van der Waals surface area contributed by atoms with Crippen LogP contribution in [0, 0.1) is 5.41 Å². The molecule has 0 atom stereocenters. The molecule has 0 nitrogen and oxygen atoms in total. The maximum Gasteiger partial charge on any atom is 0 e. The zero-order chi connectivity index (χ0) is 6.78. The summed E-state index contributed by atoms with van der Waals surface area (Å²) in [5.74, 6) is 0. The molecule has 0 saturated heterocycles. The van der Waals surface area contributed by atoms with E-state index < -0.39 is 0 Å². The first-order valence-corrected chi connectivity index (χ1v) is 3.06. The maximum atomic E-state index is 3.84. The van der Waals surface area contributed by atoms with E-state index in [1.807, 2.05) is 0 Å². The van der Waals surface area contributed by atoms with Crippen molar-refractivity contribution in [2.75, 3.05) is 0 Å². The SMILES string of the molecule is C=C(C)CC(C)(C)C.[Na]. The average molecular weight is 135 g/mol. The van der Waals surface area contributed by atoms with Crippen LogP contribution >= 0.6 is 0 Å². The monoisotopic (exact) mass is 135 g/mol. The Morgan fingerprint density at radius 1 is 1.33 bits per heavy atom. The molecule has 49 valence electrons. The van der Waals surface area contributed by atoms with Gasteiger partial charge in [0.1, 0.15) is 0 Å². The Hall–Kier alpha value is 0.740. The summed E-state index contributed by atoms with van der Waals surface area (Å²) in [7, 11) is 0. The van der Waals surface area contributed by atoms with Crippen molar-refractivity contribution in [3.63, 3.8) is 0 Å². The Morgan fingerprint density at radius 2 is 1.67 bits per heavy atom. The van der Waals surface area contributed by atoms with E-state index in [0.29, 0.717) is 5.41 Å². The van der Waals surface area contributed by atoms with Crippen LogP contribution in [0.4, 0.5) is 0 Å². The zero-order valence-electron chi connectivity index (χ0n) is 7.41. The summed E-state index contributed by atoms with van der Waals surface area (Å²) < 4.78 is 0. The molecule has 0 unspecified atom stereocenters. The summed E-state index contributed by atoms with van der Waals surface area (Å²) in [6, 6.07) is 0. The van der Waals surface area contributed by atoms with Crippen molar-refractivity contribution < 1.29 is 0 Å². The van der Waals surface area contributed by atoms with Crippen LogP contribution in [0.1, 0.15) is 34.1 Å². The van der Waals surface area contributed by atoms with Gasteiger partial charge >= 0.3 is 0 Å². The number of hydrogen-bond donors (Lipinski definition) is 0. The van der Waals surface area contributed by atoms with Gasteiger partial charge in [0.15, 0.2) is 0 Å². The van der Waals surface area contributed by atoms with Gasteiger partial charge in [-0.3, -0.25) is 0 Å². The smallest absolute Gasteiger partial charge is 0 e. The van der Waals surface area contributed by atoms with Gasteiger partial charge in [-0.25, -0.2) is 0 Å². The largest absolute Gasteiger partial charge is 0.100 e. The minimum Gasteiger partial charge on any atom is -0.100 e. The molecular formula is C8H16Na. The summed E-state index contributed by atoms with van der Waals surface area (Å²) in [6.45, 7) is 12.6. The van der Waals surface area contributed by atoms with E-state index in [1.54, 1.807) is 0 Å². The number of hydrogen-bond acceptors (Lipinski definition) is 0. The third kappa shape index (κ3) is 12.1. The molecular weight excluding hydrogens is 119 g/mol. The zero-order valence-corrected chi connectivity index (χ0v) is 9.41. The predicted molar refractivity (Wildman–Crippen MR) is 44.6 cm³/mol. The molecule has 0 aromatic rings. The van der Waals surface area contributed by atoms with Crippen LogP contribution in [0.15, 0.2) is 12.2 Å². The standard InChI is InChI=1S/C8H16.Na/c1-7(2)6-8(3,4)5;/h1,6H2,2-5H3;. The van der Waals surface area contributed by atoms with Crippen LogP contribution in [0.3, 0.4) is 0 Å². The molecule has 0 bridgehead atoms. The van der Waals surface area contributed by atoms with Crippen LogP contribution in [0.2, 0.25) is 0 Å². The van der Waals surface area contributed by atoms with Gasteiger partial charge in [0.2, 0.25) is 0 Å². The topological polar surface area (TPSA) is 0 Å². The third-order valence-electron chi connectivity index (χ3n) is 0.832. The Balaban J connectivity index is 0. The summed E-state index contributed by atoms with van der Waals surface area (Å²) in [5.41, 5.74) is 1.70. The van der Waals surface area contributed by atoms with Crippen molar-refractivity contribution >= 4 is 29.6 Å². The van der Waals surface area contributed by atoms with Crippen LogP contribution in [-0.2, 0) is 0 Å². The summed E-state index contributed by atoms with van der Waals surface area (Å²) in [4.78, 5) is 0. The molecule has 0 aromatic carbocycles. The minimum atomic E-state index is 0. The average Bonchev–Trinajstić information content (AvgIpc) is 1.21. The van der Waals surface area contributed by atoms with E-state index in [0.717, 1.165) is 6.42 Å². The van der Waals surface area contributed by atoms with Gasteiger partial charge in [0.25, 0.3) is 0 Å². The Labute approximate surface area is 81.0 Å². The Morgan fingerprint density at radius 3 is 1.67 bits per heavy atom. The molecule has 0 fully saturated rings. The molecule has 0 aromatic heterocycles. The molecule has 0 N–H and O–H groups in total. The van der Waals surface area contributed by atoms with Gasteiger partial charge in [-0.1, -0.05) is 26.3 Å². The van der Waals surface area contributed by atoms with Crippen molar-refractivity contribution in [2.24, 2.45) is 5.41 Å². The number of allylic oxidation sites excluding steroid dienone is 1. The molecule has 9 heavy (non-hydrogen) atoms. The first-order chi connectivity index (χ1) is 3.42. The third-order valence-corrected chi connectivity index (χ3v) is 0.832. The van der Waals surface area contributed by atoms with E-state index in [2.05, 4.69) is 34.3 Å². The van der Waals surface area contributed by atoms with E-state index in [4.69, 9.17) is 0 Å². The van der Waals surface area contributed by atoms with E-state index in [-0.39, 0.29) is 29.6 Å². The summed E-state index contributed by atoms with van der Waals surface area (Å²) in [6.07, 6.45) is 1.13. The van der Waals surface area contributed by atoms with Gasteiger partial charge in [0, 0.05) is 29.6 Å². The van der Waals surface area contributed by atoms with Gasteiger partial charge < -0.3 is 0 Å². The van der Waals surface area contributed by atoms with Crippen LogP contribution in [-0.4, -0.2) is 29.6 Å². The van der Waals surface area contributed by atoms with Crippen LogP contribution < -0.4 is 0 Å². The first kappa shape index (κ1) is 12.4. The Bertz CT molecular complexity index is 87.2. The molecule has 1 heteroatoms. The molecule has 0 aliphatic heterocycles. The number of rotatable bonds is 1. The second-order valence-corrected chi connectivity index (χ2v) is 3.69. The van der Waals surface area contributed by atoms with Gasteiger partial charge in [0.05, 0.1) is 0 Å². The molecule has 1 radical (unpaired) electrons. The van der Waals surface area contributed by atoms with Crippen molar-refractivity contribution in [1.29, 1.82) is 0 Å². The maximum absolute atomic E-state index is 3.84. The van der Waals surface area contributed by atoms with Crippen molar-refractivity contribution in [2.45, 2.75) is 34.1 Å². The molecule has 0 saturated carbocycles. The fourth-order valence-electron chi connectivity index (χ4n) is 0.905. The van der Waals surface area contributed by atoms with Gasteiger partial charge in [-0.05, 0) is 18.8 Å². The fraction of sp³-hybridized carbons (Fsp3) is 0.750. The van der Waals surface area contributed by atoms with E-state index in [1.165, 1.54) is 5.57 Å². The first-order valence-electron chi connectivity index (χ1n) is 3.06. The molecule has 0 spiro atoms. The van der Waals surface area contributed by atoms with E-state index in [9.17, 15) is 0 Å². The molecule has 0 aliphatic carbocycles. The second kappa shape index (κ2) is 4.54. The summed E-state index contributed by atoms with van der Waals surface area (Å²) in [5, 5.41) is 0. The van der Waals surface area contributed by atoms with Crippen molar-refractivity contribution in [3.05, 3.63) is 12.2 Å². The van der Waals surface area contributed by atoms with E-state index >= 15 is 0 Å². The molecule has 0 rings (SSSR count). The van der Waals surface area contributed by atoms with Crippen molar-refractivity contribution in [1.82, 2.24) is 0 Å². The Kier molecular flexibility index (Phi) is 6.26. The van der Waals surface area contributed by atoms with Crippen LogP contribution in [0.25, 0.3) is 0 Å². The summed E-state index contributed by atoms with van der Waals surface area (Å²) >= 11 is 0. The van der Waals surface area contributed by atoms with Gasteiger partial charge in [-0.15, -0.1) is 6.58 Å². The second-order valence-electron chi connectivity index (χ2n) is 3.69. The minimum absolute atomic E-state index is 0. The fourth-order valence-corrected chi connectivity index (χ4v) is 0.905. The molecule has 0 amide bonds. The van der Waals surface area contributed by atoms with Gasteiger partial charge in [-0.2, -0.15) is 0 Å². The predicted octanol–water partition coefficient (Wildman–Crippen LogP) is 2.62. The van der Waals surface area contributed by atoms with Crippen molar-refractivity contribution in [3.8, 4) is 0 Å². The molecule has 0 heterocycles. The quantitative estimate of drug-likeness (QED) is 0.383. The molecule has 0 aliphatic rings. The van der Waals surface area contributed by atoms with Crippen LogP contribution in [0.5, 0.6) is 0 Å².